The van der Waals surface area contributed by atoms with Gasteiger partial charge < -0.3 is 92.2 Å². The number of carbonyl (C=O) groups is 2. The number of hydrogen-bond acceptors (Lipinski definition) is 21. The lowest BCUT2D eigenvalue weighted by molar-refractivity contribution is -0.505. The molecular formula is C25H27N5O19. The molecule has 0 radical (unpaired) electrons. The average Bonchev–Trinajstić information content (AvgIpc) is 3.40. The highest BCUT2D eigenvalue weighted by atomic mass is 16.7. The van der Waals surface area contributed by atoms with Gasteiger partial charge in [-0.05, 0) is 6.42 Å². The van der Waals surface area contributed by atoms with Crippen LogP contribution in [-0.4, -0.2) is 140 Å². The number of ether oxygens (including phenoxy) is 1. The third kappa shape index (κ3) is 4.08. The van der Waals surface area contributed by atoms with Crippen LogP contribution in [0.2, 0.25) is 0 Å². The Morgan fingerprint density at radius 1 is 0.714 bits per heavy atom. The van der Waals surface area contributed by atoms with Crippen molar-refractivity contribution in [2.45, 2.75) is 36.2 Å². The van der Waals surface area contributed by atoms with Crippen molar-refractivity contribution in [1.29, 1.82) is 0 Å². The number of benzene rings is 2. The molecule has 3 heterocycles. The molecule has 0 unspecified atom stereocenters. The summed E-state index contributed by atoms with van der Waals surface area (Å²) in [6.45, 7) is -0.950. The van der Waals surface area contributed by atoms with Crippen LogP contribution in [0.4, 0.5) is 11.4 Å². The molecule has 2 aliphatic heterocycles. The minimum atomic E-state index is -4.96. The smallest absolute Gasteiger partial charge is 0.316 e. The van der Waals surface area contributed by atoms with E-state index in [9.17, 15) is 91.3 Å². The van der Waals surface area contributed by atoms with E-state index >= 15 is 0 Å². The molecule has 18 N–H and O–H groups in total. The van der Waals surface area contributed by atoms with Gasteiger partial charge in [-0.25, -0.2) is 9.58 Å². The number of carbonyl (C=O) groups excluding carboxylic acids is 2. The Morgan fingerprint density at radius 3 is 1.65 bits per heavy atom. The number of hydrogen-bond donors (Lipinski definition) is 17. The fourth-order valence-corrected chi connectivity index (χ4v) is 5.51. The minimum Gasteiger partial charge on any atom is -0.503 e. The Bertz CT molecular complexity index is 1890. The summed E-state index contributed by atoms with van der Waals surface area (Å²) in [5.74, 6) is -36.1. The monoisotopic (exact) mass is 701 g/mol. The van der Waals surface area contributed by atoms with Gasteiger partial charge >= 0.3 is 17.5 Å². The van der Waals surface area contributed by atoms with Crippen LogP contribution < -0.4 is 20.3 Å². The number of fused-ring (bicyclic) bond motifs is 1. The van der Waals surface area contributed by atoms with E-state index in [2.05, 4.69) is 5.10 Å². The molecule has 2 amide bonds. The molecule has 0 bridgehead atoms. The van der Waals surface area contributed by atoms with E-state index in [0.717, 1.165) is 7.11 Å². The molecule has 1 fully saturated rings. The first-order valence-electron chi connectivity index (χ1n) is 13.3. The average molecular weight is 702 g/mol. The summed E-state index contributed by atoms with van der Waals surface area (Å²) in [4.78, 5) is 26.2. The second-order valence-electron chi connectivity index (χ2n) is 10.8. The lowest BCUT2D eigenvalue weighted by Gasteiger charge is -2.55. The fraction of sp³-hybridized carbons (Fsp3) is 0.320. The number of aliphatic hydroxyl groups is 8. The van der Waals surface area contributed by atoms with Crippen LogP contribution >= 0.6 is 0 Å². The van der Waals surface area contributed by atoms with Gasteiger partial charge in [-0.15, -0.1) is 0 Å². The number of aromatic nitrogens is 2. The van der Waals surface area contributed by atoms with Crippen molar-refractivity contribution in [3.8, 4) is 57.4 Å². The van der Waals surface area contributed by atoms with E-state index in [1.165, 1.54) is 0 Å². The lowest BCUT2D eigenvalue weighted by atomic mass is 9.85. The van der Waals surface area contributed by atoms with Crippen molar-refractivity contribution in [2.24, 2.45) is 5.73 Å². The van der Waals surface area contributed by atoms with Gasteiger partial charge in [0.05, 0.1) is 12.8 Å². The van der Waals surface area contributed by atoms with Crippen LogP contribution in [-0.2, 0) is 17.8 Å². The van der Waals surface area contributed by atoms with Crippen molar-refractivity contribution in [3.63, 3.8) is 0 Å². The number of nitrogens with zero attached hydrogens (tertiary/aromatic N) is 4. The third-order valence-corrected chi connectivity index (χ3v) is 8.13. The molecule has 1 aromatic heterocycles. The van der Waals surface area contributed by atoms with E-state index < -0.39 is 121 Å². The topological polar surface area (TPSA) is 417 Å². The first kappa shape index (κ1) is 34.8. The molecular weight excluding hydrogens is 674 g/mol. The number of methoxy groups -OCH3 is 1. The molecule has 0 aliphatic carbocycles. The van der Waals surface area contributed by atoms with E-state index in [0.29, 0.717) is 9.58 Å². The largest absolute Gasteiger partial charge is 0.503 e. The minimum absolute atomic E-state index is 0.0200. The van der Waals surface area contributed by atoms with E-state index in [-0.39, 0.29) is 24.2 Å². The second-order valence-corrected chi connectivity index (χ2v) is 10.8. The van der Waals surface area contributed by atoms with Gasteiger partial charge in [-0.3, -0.25) is 14.5 Å². The maximum absolute atomic E-state index is 14.0. The van der Waals surface area contributed by atoms with Gasteiger partial charge in [0.2, 0.25) is 17.2 Å². The molecule has 0 saturated carbocycles. The predicted octanol–water partition coefficient (Wildman–Crippen LogP) is -5.78. The van der Waals surface area contributed by atoms with Gasteiger partial charge in [-0.2, -0.15) is 5.10 Å². The SMILES string of the molecule is COc1c(O)c(O)c(-n2nc(CN)c3c2C(=O)N(c2c(O)c(O)c(N4C(=O)C(O)(O)C(O)(O)C(O)(O)C4(O)O)c(O)c2O)CC3)c(O)c1O. The normalized spacial score (nSPS) is 19.2. The third-order valence-electron chi connectivity index (χ3n) is 8.13. The quantitative estimate of drug-likeness (QED) is 0.0669. The molecule has 49 heavy (non-hydrogen) atoms. The zero-order chi connectivity index (χ0) is 37.1. The molecule has 2 aliphatic rings. The summed E-state index contributed by atoms with van der Waals surface area (Å²) >= 11 is 0. The summed E-state index contributed by atoms with van der Waals surface area (Å²) in [6, 6.07) is 0. The van der Waals surface area contributed by atoms with Gasteiger partial charge in [0.15, 0.2) is 40.2 Å². The molecule has 5 rings (SSSR count). The molecule has 0 spiro atoms. The van der Waals surface area contributed by atoms with E-state index in [1.54, 1.807) is 0 Å². The van der Waals surface area contributed by atoms with Crippen LogP contribution in [0.25, 0.3) is 5.69 Å². The highest BCUT2D eigenvalue weighted by Crippen LogP contribution is 2.60. The summed E-state index contributed by atoms with van der Waals surface area (Å²) in [6.07, 6.45) is -0.295. The molecule has 3 aromatic rings. The van der Waals surface area contributed by atoms with Crippen LogP contribution in [0, 0.1) is 0 Å². The molecule has 24 heteroatoms. The molecule has 266 valence electrons. The Kier molecular flexibility index (Phi) is 7.42. The van der Waals surface area contributed by atoms with E-state index in [1.807, 2.05) is 0 Å². The van der Waals surface area contributed by atoms with Crippen molar-refractivity contribution >= 4 is 23.2 Å². The van der Waals surface area contributed by atoms with Crippen LogP contribution in [0.15, 0.2) is 0 Å². The number of nitrogens with two attached hydrogens (primary N) is 1. The number of aromatic hydroxyl groups is 8. The summed E-state index contributed by atoms with van der Waals surface area (Å²) < 4.78 is 5.24. The summed E-state index contributed by atoms with van der Waals surface area (Å²) in [5, 5.41) is 170. The van der Waals surface area contributed by atoms with Crippen molar-refractivity contribution in [3.05, 3.63) is 17.0 Å². The molecule has 1 saturated heterocycles. The Balaban J connectivity index is 1.72. The number of phenols is 8. The maximum Gasteiger partial charge on any atom is 0.316 e. The highest BCUT2D eigenvalue weighted by Gasteiger charge is 2.81. The Morgan fingerprint density at radius 2 is 1.18 bits per heavy atom. The van der Waals surface area contributed by atoms with E-state index in [4.69, 9.17) is 10.5 Å². The summed E-state index contributed by atoms with van der Waals surface area (Å²) in [7, 11) is 0.967. The molecule has 2 aromatic carbocycles. The highest BCUT2D eigenvalue weighted by molar-refractivity contribution is 6.12. The van der Waals surface area contributed by atoms with Gasteiger partial charge in [-0.1, -0.05) is 0 Å². The van der Waals surface area contributed by atoms with Crippen molar-refractivity contribution < 1.29 is 96.0 Å². The molecule has 24 nitrogen and oxygen atoms in total. The number of amides is 2. The van der Waals surface area contributed by atoms with Crippen LogP contribution in [0.1, 0.15) is 21.7 Å². The van der Waals surface area contributed by atoms with Crippen LogP contribution in [0.5, 0.6) is 51.7 Å². The van der Waals surface area contributed by atoms with Crippen molar-refractivity contribution in [2.75, 3.05) is 23.5 Å². The first-order chi connectivity index (χ1) is 22.5. The summed E-state index contributed by atoms with van der Waals surface area (Å²) in [5.41, 5.74) is 1.05. The zero-order valence-corrected chi connectivity index (χ0v) is 24.4. The van der Waals surface area contributed by atoms with Crippen LogP contribution in [0.3, 0.4) is 0 Å². The second kappa shape index (κ2) is 10.5. The Hall–Kier alpha value is -5.57. The first-order valence-corrected chi connectivity index (χ1v) is 13.3. The fourth-order valence-electron chi connectivity index (χ4n) is 5.51. The van der Waals surface area contributed by atoms with Gasteiger partial charge in [0, 0.05) is 18.7 Å². The molecule has 0 atom stereocenters. The Labute approximate surface area is 269 Å². The van der Waals surface area contributed by atoms with Gasteiger partial charge in [0.1, 0.15) is 17.1 Å². The van der Waals surface area contributed by atoms with Crippen molar-refractivity contribution in [1.82, 2.24) is 9.78 Å². The number of anilines is 2. The number of rotatable bonds is 5. The maximum atomic E-state index is 14.0. The zero-order valence-electron chi connectivity index (χ0n) is 24.4. The predicted molar refractivity (Wildman–Crippen MR) is 149 cm³/mol. The number of piperidine rings is 1. The standard InChI is InChI=1S/C25H27N5O19/c1-49-19-17(37)15(35)10(16(36)18(19)38)30-7-5(6(4-26)27-30)2-3-28(20(7)39)8-11(31)13(33)9(14(34)12(8)32)29-21(40)22(41,42)23(43,44)24(45,46)25(29,47)48/h31-38,41-48H,2-4,26H2,1H3. The lowest BCUT2D eigenvalue weighted by Crippen LogP contribution is -2.88. The number of phenolic OH excluding ortho intramolecular Hbond substituents is 8. The van der Waals surface area contributed by atoms with Gasteiger partial charge in [0.25, 0.3) is 17.6 Å².